The van der Waals surface area contributed by atoms with Crippen molar-refractivity contribution in [2.45, 2.75) is 0 Å². The Morgan fingerprint density at radius 2 is 1.70 bits per heavy atom. The Morgan fingerprint density at radius 3 is 2.55 bits per heavy atom. The summed E-state index contributed by atoms with van der Waals surface area (Å²) in [6.07, 6.45) is 1.64. The van der Waals surface area contributed by atoms with E-state index in [0.717, 1.165) is 5.39 Å². The molecule has 0 spiro atoms. The zero-order chi connectivity index (χ0) is 14.1. The lowest BCUT2D eigenvalue weighted by atomic mass is 10.0. The Balaban J connectivity index is 2.21. The van der Waals surface area contributed by atoms with Crippen LogP contribution in [0.25, 0.3) is 10.9 Å². The summed E-state index contributed by atoms with van der Waals surface area (Å²) in [5, 5.41) is 0.880. The summed E-state index contributed by atoms with van der Waals surface area (Å²) in [4.78, 5) is 16.8. The number of ketones is 1. The molecule has 0 saturated heterocycles. The standard InChI is InChI=1S/C16H9BrFNO/c17-14-11(6-2-8-13(14)18)16(20)12-7-1-4-10-5-3-9-19-15(10)12/h1-9H. The highest BCUT2D eigenvalue weighted by Gasteiger charge is 2.17. The van der Waals surface area contributed by atoms with Crippen molar-refractivity contribution < 1.29 is 9.18 Å². The van der Waals surface area contributed by atoms with Crippen LogP contribution in [0.1, 0.15) is 15.9 Å². The van der Waals surface area contributed by atoms with Crippen molar-refractivity contribution in [1.82, 2.24) is 4.98 Å². The largest absolute Gasteiger partial charge is 0.288 e. The number of carbonyl (C=O) groups is 1. The number of carbonyl (C=O) groups excluding carboxylic acids is 1. The van der Waals surface area contributed by atoms with Crippen LogP contribution in [0.15, 0.2) is 59.2 Å². The maximum atomic E-state index is 13.6. The van der Waals surface area contributed by atoms with Gasteiger partial charge >= 0.3 is 0 Å². The average molecular weight is 330 g/mol. The highest BCUT2D eigenvalue weighted by molar-refractivity contribution is 9.10. The number of hydrogen-bond donors (Lipinski definition) is 0. The molecule has 3 rings (SSSR count). The minimum absolute atomic E-state index is 0.179. The molecule has 4 heteroatoms. The molecular formula is C16H9BrFNO. The van der Waals surface area contributed by atoms with Crippen molar-refractivity contribution in [3.05, 3.63) is 76.1 Å². The predicted molar refractivity (Wildman–Crippen MR) is 79.3 cm³/mol. The zero-order valence-electron chi connectivity index (χ0n) is 10.3. The quantitative estimate of drug-likeness (QED) is 0.653. The molecule has 1 aromatic heterocycles. The van der Waals surface area contributed by atoms with Gasteiger partial charge in [0.15, 0.2) is 5.78 Å². The third-order valence-electron chi connectivity index (χ3n) is 3.07. The topological polar surface area (TPSA) is 30.0 Å². The van der Waals surface area contributed by atoms with E-state index in [2.05, 4.69) is 20.9 Å². The fraction of sp³-hybridized carbons (Fsp3) is 0. The van der Waals surface area contributed by atoms with Gasteiger partial charge in [-0.3, -0.25) is 9.78 Å². The summed E-state index contributed by atoms with van der Waals surface area (Å²) < 4.78 is 13.7. The molecule has 20 heavy (non-hydrogen) atoms. The maximum Gasteiger partial charge on any atom is 0.196 e. The SMILES string of the molecule is O=C(c1cccc(F)c1Br)c1cccc2cccnc12. The van der Waals surface area contributed by atoms with E-state index in [-0.39, 0.29) is 10.3 Å². The van der Waals surface area contributed by atoms with Gasteiger partial charge in [-0.2, -0.15) is 0 Å². The number of benzene rings is 2. The summed E-state index contributed by atoms with van der Waals surface area (Å²) in [5.74, 6) is -0.704. The average Bonchev–Trinajstić information content (AvgIpc) is 2.49. The molecule has 98 valence electrons. The monoisotopic (exact) mass is 329 g/mol. The number of fused-ring (bicyclic) bond motifs is 1. The molecule has 2 nitrogen and oxygen atoms in total. The van der Waals surface area contributed by atoms with E-state index in [0.29, 0.717) is 16.6 Å². The Hall–Kier alpha value is -2.07. The molecule has 0 bridgehead atoms. The van der Waals surface area contributed by atoms with Crippen LogP contribution in [0, 0.1) is 5.82 Å². The normalized spacial score (nSPS) is 10.7. The first kappa shape index (κ1) is 12.9. The lowest BCUT2D eigenvalue weighted by Gasteiger charge is -2.07. The number of hydrogen-bond acceptors (Lipinski definition) is 2. The van der Waals surface area contributed by atoms with Gasteiger partial charge in [0, 0.05) is 22.7 Å². The third kappa shape index (κ3) is 2.12. The van der Waals surface area contributed by atoms with Crippen LogP contribution in [-0.4, -0.2) is 10.8 Å². The van der Waals surface area contributed by atoms with Crippen LogP contribution in [0.2, 0.25) is 0 Å². The molecule has 0 aliphatic heterocycles. The second kappa shape index (κ2) is 5.13. The van der Waals surface area contributed by atoms with Gasteiger partial charge < -0.3 is 0 Å². The fourth-order valence-corrected chi connectivity index (χ4v) is 2.56. The Bertz CT molecular complexity index is 811. The summed E-state index contributed by atoms with van der Waals surface area (Å²) in [6.45, 7) is 0. The molecule has 1 heterocycles. The maximum absolute atomic E-state index is 13.6. The van der Waals surface area contributed by atoms with E-state index in [1.54, 1.807) is 24.4 Å². The molecular weight excluding hydrogens is 321 g/mol. The van der Waals surface area contributed by atoms with Crippen LogP contribution < -0.4 is 0 Å². The van der Waals surface area contributed by atoms with Crippen LogP contribution >= 0.6 is 15.9 Å². The van der Waals surface area contributed by atoms with Crippen molar-refractivity contribution in [3.8, 4) is 0 Å². The lowest BCUT2D eigenvalue weighted by molar-refractivity contribution is 0.103. The van der Waals surface area contributed by atoms with Gasteiger partial charge in [0.05, 0.1) is 9.99 Å². The van der Waals surface area contributed by atoms with Gasteiger partial charge in [-0.25, -0.2) is 4.39 Å². The van der Waals surface area contributed by atoms with E-state index in [9.17, 15) is 9.18 Å². The van der Waals surface area contributed by atoms with Crippen LogP contribution in [-0.2, 0) is 0 Å². The summed E-state index contributed by atoms with van der Waals surface area (Å²) in [7, 11) is 0. The molecule has 0 saturated carbocycles. The number of halogens is 2. The van der Waals surface area contributed by atoms with Crippen LogP contribution in [0.3, 0.4) is 0 Å². The minimum Gasteiger partial charge on any atom is -0.288 e. The lowest BCUT2D eigenvalue weighted by Crippen LogP contribution is -2.05. The molecule has 0 N–H and O–H groups in total. The second-order valence-corrected chi connectivity index (χ2v) is 5.10. The van der Waals surface area contributed by atoms with E-state index < -0.39 is 5.82 Å². The number of aromatic nitrogens is 1. The van der Waals surface area contributed by atoms with Crippen LogP contribution in [0.4, 0.5) is 4.39 Å². The molecule has 0 unspecified atom stereocenters. The molecule has 0 fully saturated rings. The smallest absolute Gasteiger partial charge is 0.196 e. The molecule has 0 radical (unpaired) electrons. The first-order valence-electron chi connectivity index (χ1n) is 6.01. The van der Waals surface area contributed by atoms with Gasteiger partial charge in [-0.1, -0.05) is 24.3 Å². The molecule has 0 amide bonds. The molecule has 3 aromatic rings. The Labute approximate surface area is 123 Å². The summed E-state index contributed by atoms with van der Waals surface area (Å²) in [6, 6.07) is 13.5. The number of para-hydroxylation sites is 1. The second-order valence-electron chi connectivity index (χ2n) is 4.31. The Morgan fingerprint density at radius 1 is 1.00 bits per heavy atom. The van der Waals surface area contributed by atoms with Gasteiger partial charge in [0.25, 0.3) is 0 Å². The van der Waals surface area contributed by atoms with Crippen molar-refractivity contribution in [2.75, 3.05) is 0 Å². The van der Waals surface area contributed by atoms with Gasteiger partial charge in [0.1, 0.15) is 5.82 Å². The number of pyridine rings is 1. The highest BCUT2D eigenvalue weighted by Crippen LogP contribution is 2.25. The van der Waals surface area contributed by atoms with Crippen molar-refractivity contribution >= 4 is 32.6 Å². The van der Waals surface area contributed by atoms with E-state index >= 15 is 0 Å². The first-order valence-corrected chi connectivity index (χ1v) is 6.80. The third-order valence-corrected chi connectivity index (χ3v) is 3.88. The van der Waals surface area contributed by atoms with Crippen LogP contribution in [0.5, 0.6) is 0 Å². The van der Waals surface area contributed by atoms with E-state index in [4.69, 9.17) is 0 Å². The summed E-state index contributed by atoms with van der Waals surface area (Å²) in [5.41, 5.74) is 1.38. The predicted octanol–water partition coefficient (Wildman–Crippen LogP) is 4.37. The zero-order valence-corrected chi connectivity index (χ0v) is 11.9. The Kier molecular flexibility index (Phi) is 3.32. The first-order chi connectivity index (χ1) is 9.68. The van der Waals surface area contributed by atoms with E-state index in [1.165, 1.54) is 12.1 Å². The number of rotatable bonds is 2. The van der Waals surface area contributed by atoms with Gasteiger partial charge in [-0.05, 0) is 40.2 Å². The van der Waals surface area contributed by atoms with Gasteiger partial charge in [-0.15, -0.1) is 0 Å². The van der Waals surface area contributed by atoms with Gasteiger partial charge in [0.2, 0.25) is 0 Å². The van der Waals surface area contributed by atoms with E-state index in [1.807, 2.05) is 18.2 Å². The summed E-state index contributed by atoms with van der Waals surface area (Å²) >= 11 is 3.13. The fourth-order valence-electron chi connectivity index (χ4n) is 2.11. The molecule has 0 aliphatic rings. The number of nitrogens with zero attached hydrogens (tertiary/aromatic N) is 1. The molecule has 0 aliphatic carbocycles. The molecule has 0 atom stereocenters. The highest BCUT2D eigenvalue weighted by atomic mass is 79.9. The minimum atomic E-state index is -0.455. The molecule has 2 aromatic carbocycles. The van der Waals surface area contributed by atoms with Crippen molar-refractivity contribution in [2.24, 2.45) is 0 Å². The van der Waals surface area contributed by atoms with Crippen molar-refractivity contribution in [1.29, 1.82) is 0 Å². The van der Waals surface area contributed by atoms with Crippen molar-refractivity contribution in [3.63, 3.8) is 0 Å².